The molecule has 3 nitrogen and oxygen atoms in total. The van der Waals surface area contributed by atoms with Crippen molar-refractivity contribution in [3.63, 3.8) is 0 Å². The monoisotopic (exact) mass is 161 g/mol. The molecule has 11 heavy (non-hydrogen) atoms. The summed E-state index contributed by atoms with van der Waals surface area (Å²) in [6.45, 7) is 8.19. The van der Waals surface area contributed by atoms with Crippen LogP contribution in [0.25, 0.3) is 0 Å². The Kier molecular flexibility index (Phi) is 5.46. The Balaban J connectivity index is 3.43. The molecule has 1 radical (unpaired) electrons. The van der Waals surface area contributed by atoms with Gasteiger partial charge in [0.15, 0.2) is 0 Å². The second kappa shape index (κ2) is 5.52. The molecule has 0 aliphatic carbocycles. The van der Waals surface area contributed by atoms with E-state index in [-0.39, 0.29) is 0 Å². The van der Waals surface area contributed by atoms with Gasteiger partial charge in [-0.15, -0.1) is 0 Å². The summed E-state index contributed by atoms with van der Waals surface area (Å²) in [7, 11) is 0. The van der Waals surface area contributed by atoms with E-state index in [0.717, 1.165) is 12.8 Å². The molecule has 0 atom stereocenters. The topological polar surface area (TPSA) is 38.7 Å². The highest BCUT2D eigenvalue weighted by Crippen LogP contribution is 2.07. The SMILES string of the molecule is [CH2]C(O)(OCCC)OCCC. The van der Waals surface area contributed by atoms with Gasteiger partial charge in [-0.1, -0.05) is 13.8 Å². The van der Waals surface area contributed by atoms with Gasteiger partial charge in [-0.2, -0.15) is 0 Å². The fraction of sp³-hybridized carbons (Fsp3) is 0.875. The smallest absolute Gasteiger partial charge is 0.280 e. The number of rotatable bonds is 6. The Hall–Kier alpha value is -0.120. The van der Waals surface area contributed by atoms with Crippen molar-refractivity contribution >= 4 is 0 Å². The fourth-order valence-electron chi connectivity index (χ4n) is 0.565. The fourth-order valence-corrected chi connectivity index (χ4v) is 0.565. The predicted octanol–water partition coefficient (Wildman–Crippen LogP) is 1.32. The lowest BCUT2D eigenvalue weighted by Gasteiger charge is -2.22. The highest BCUT2D eigenvalue weighted by Gasteiger charge is 2.20. The second-order valence-electron chi connectivity index (χ2n) is 2.41. The predicted molar refractivity (Wildman–Crippen MR) is 42.8 cm³/mol. The first-order chi connectivity index (χ1) is 5.12. The van der Waals surface area contributed by atoms with E-state index in [1.807, 2.05) is 13.8 Å². The molecule has 0 rings (SSSR count). The van der Waals surface area contributed by atoms with Crippen molar-refractivity contribution in [3.8, 4) is 0 Å². The van der Waals surface area contributed by atoms with Crippen LogP contribution in [0.5, 0.6) is 0 Å². The standard InChI is InChI=1S/C8H17O3/c1-4-6-10-8(3,9)11-7-5-2/h9H,3-7H2,1-2H3. The second-order valence-corrected chi connectivity index (χ2v) is 2.41. The van der Waals surface area contributed by atoms with Crippen LogP contribution < -0.4 is 0 Å². The molecule has 0 heterocycles. The average Bonchev–Trinajstić information content (AvgIpc) is 1.97. The normalized spacial score (nSPS) is 12.0. The van der Waals surface area contributed by atoms with Crippen LogP contribution >= 0.6 is 0 Å². The largest absolute Gasteiger partial charge is 0.343 e. The van der Waals surface area contributed by atoms with E-state index in [1.165, 1.54) is 0 Å². The number of aliphatic hydroxyl groups is 1. The van der Waals surface area contributed by atoms with Gasteiger partial charge in [-0.05, 0) is 12.8 Å². The maximum atomic E-state index is 9.22. The van der Waals surface area contributed by atoms with Gasteiger partial charge in [-0.25, -0.2) is 0 Å². The van der Waals surface area contributed by atoms with Gasteiger partial charge in [0.2, 0.25) is 0 Å². The molecule has 0 spiro atoms. The minimum absolute atomic E-state index is 0.462. The van der Waals surface area contributed by atoms with E-state index in [1.54, 1.807) is 0 Å². The van der Waals surface area contributed by atoms with Gasteiger partial charge in [0.05, 0.1) is 13.2 Å². The van der Waals surface area contributed by atoms with Crippen LogP contribution in [0.15, 0.2) is 0 Å². The molecule has 0 fully saturated rings. The Morgan fingerprint density at radius 1 is 1.18 bits per heavy atom. The molecule has 0 amide bonds. The zero-order valence-corrected chi connectivity index (χ0v) is 7.30. The molecule has 0 bridgehead atoms. The van der Waals surface area contributed by atoms with Crippen LogP contribution in [-0.4, -0.2) is 24.3 Å². The third-order valence-electron chi connectivity index (χ3n) is 1.06. The van der Waals surface area contributed by atoms with Gasteiger partial charge < -0.3 is 14.6 Å². The van der Waals surface area contributed by atoms with E-state index in [9.17, 15) is 5.11 Å². The maximum absolute atomic E-state index is 9.22. The Morgan fingerprint density at radius 3 is 1.82 bits per heavy atom. The molecule has 3 heteroatoms. The maximum Gasteiger partial charge on any atom is 0.280 e. The highest BCUT2D eigenvalue weighted by atomic mass is 16.8. The highest BCUT2D eigenvalue weighted by molar-refractivity contribution is 4.55. The van der Waals surface area contributed by atoms with Gasteiger partial charge in [0, 0.05) is 6.92 Å². The van der Waals surface area contributed by atoms with Crippen molar-refractivity contribution in [1.82, 2.24) is 0 Å². The van der Waals surface area contributed by atoms with Gasteiger partial charge in [0.1, 0.15) is 0 Å². The summed E-state index contributed by atoms with van der Waals surface area (Å²) in [5.41, 5.74) is 0. The van der Waals surface area contributed by atoms with Crippen molar-refractivity contribution in [2.45, 2.75) is 32.7 Å². The summed E-state index contributed by atoms with van der Waals surface area (Å²) >= 11 is 0. The first kappa shape index (κ1) is 10.9. The van der Waals surface area contributed by atoms with Crippen molar-refractivity contribution in [1.29, 1.82) is 0 Å². The van der Waals surface area contributed by atoms with E-state index in [4.69, 9.17) is 9.47 Å². The molecule has 0 saturated carbocycles. The first-order valence-electron chi connectivity index (χ1n) is 3.98. The van der Waals surface area contributed by atoms with Crippen molar-refractivity contribution in [2.75, 3.05) is 13.2 Å². The quantitative estimate of drug-likeness (QED) is 0.597. The molecule has 0 unspecified atom stereocenters. The summed E-state index contributed by atoms with van der Waals surface area (Å²) in [6.07, 6.45) is 1.68. The minimum Gasteiger partial charge on any atom is -0.343 e. The lowest BCUT2D eigenvalue weighted by molar-refractivity contribution is -0.330. The van der Waals surface area contributed by atoms with E-state index in [0.29, 0.717) is 13.2 Å². The molecular weight excluding hydrogens is 144 g/mol. The molecule has 0 aromatic heterocycles. The first-order valence-corrected chi connectivity index (χ1v) is 3.98. The zero-order chi connectivity index (χ0) is 8.74. The summed E-state index contributed by atoms with van der Waals surface area (Å²) in [5.74, 6) is -1.65. The summed E-state index contributed by atoms with van der Waals surface area (Å²) in [5, 5.41) is 9.22. The third kappa shape index (κ3) is 6.28. The van der Waals surface area contributed by atoms with E-state index < -0.39 is 5.97 Å². The molecule has 0 aliphatic heterocycles. The van der Waals surface area contributed by atoms with Gasteiger partial charge in [0.25, 0.3) is 5.97 Å². The lowest BCUT2D eigenvalue weighted by Crippen LogP contribution is -2.32. The third-order valence-corrected chi connectivity index (χ3v) is 1.06. The van der Waals surface area contributed by atoms with E-state index >= 15 is 0 Å². The molecule has 0 aromatic carbocycles. The Morgan fingerprint density at radius 2 is 1.55 bits per heavy atom. The number of hydrogen-bond donors (Lipinski definition) is 1. The van der Waals surface area contributed by atoms with Crippen LogP contribution in [0.4, 0.5) is 0 Å². The van der Waals surface area contributed by atoms with Crippen LogP contribution in [0.1, 0.15) is 26.7 Å². The molecule has 67 valence electrons. The van der Waals surface area contributed by atoms with Crippen molar-refractivity contribution < 1.29 is 14.6 Å². The lowest BCUT2D eigenvalue weighted by atomic mass is 10.5. The van der Waals surface area contributed by atoms with Gasteiger partial charge in [-0.3, -0.25) is 0 Å². The van der Waals surface area contributed by atoms with Crippen molar-refractivity contribution in [2.24, 2.45) is 0 Å². The van der Waals surface area contributed by atoms with Gasteiger partial charge >= 0.3 is 0 Å². The average molecular weight is 161 g/mol. The number of hydrogen-bond acceptors (Lipinski definition) is 3. The zero-order valence-electron chi connectivity index (χ0n) is 7.30. The number of ether oxygens (including phenoxy) is 2. The summed E-state index contributed by atoms with van der Waals surface area (Å²) < 4.78 is 9.81. The molecule has 0 saturated heterocycles. The summed E-state index contributed by atoms with van der Waals surface area (Å²) in [6, 6.07) is 0. The molecular formula is C8H17O3. The molecule has 0 aliphatic rings. The Bertz CT molecular complexity index is 81.3. The van der Waals surface area contributed by atoms with Crippen LogP contribution in [0, 0.1) is 6.92 Å². The van der Waals surface area contributed by atoms with Crippen LogP contribution in [0.2, 0.25) is 0 Å². The van der Waals surface area contributed by atoms with Crippen LogP contribution in [0.3, 0.4) is 0 Å². The summed E-state index contributed by atoms with van der Waals surface area (Å²) in [4.78, 5) is 0. The molecule has 1 N–H and O–H groups in total. The van der Waals surface area contributed by atoms with E-state index in [2.05, 4.69) is 6.92 Å². The Labute approximate surface area is 68.3 Å². The van der Waals surface area contributed by atoms with Crippen LogP contribution in [-0.2, 0) is 9.47 Å². The van der Waals surface area contributed by atoms with Crippen molar-refractivity contribution in [3.05, 3.63) is 6.92 Å². The molecule has 0 aromatic rings. The minimum atomic E-state index is -1.65.